The number of para-hydroxylation sites is 3. The molecule has 0 unspecified atom stereocenters. The molecule has 8 aromatic rings. The van der Waals surface area contributed by atoms with Crippen LogP contribution in [0.3, 0.4) is 0 Å². The molecule has 0 saturated heterocycles. The van der Waals surface area contributed by atoms with Crippen LogP contribution in [0.2, 0.25) is 0 Å². The van der Waals surface area contributed by atoms with Crippen molar-refractivity contribution in [3.63, 3.8) is 0 Å². The number of furan rings is 1. The molecule has 2 aromatic heterocycles. The maximum atomic E-state index is 6.65. The Morgan fingerprint density at radius 3 is 2.09 bits per heavy atom. The van der Waals surface area contributed by atoms with Gasteiger partial charge >= 0.3 is 0 Å². The number of nitrogens with zero attached hydrogens (tertiary/aromatic N) is 2. The van der Waals surface area contributed by atoms with Gasteiger partial charge in [-0.1, -0.05) is 91.5 Å². The van der Waals surface area contributed by atoms with Gasteiger partial charge in [-0.3, -0.25) is 0 Å². The summed E-state index contributed by atoms with van der Waals surface area (Å²) in [6.07, 6.45) is 4.54. The molecule has 202 valence electrons. The number of allylic oxidation sites excluding steroid dienone is 1. The van der Waals surface area contributed by atoms with E-state index in [1.54, 1.807) is 0 Å². The average Bonchev–Trinajstić information content (AvgIpc) is 3.58. The monoisotopic (exact) mass is 550 g/mol. The van der Waals surface area contributed by atoms with Crippen molar-refractivity contribution in [1.29, 1.82) is 0 Å². The number of fused-ring (bicyclic) bond motifs is 10. The average molecular weight is 551 g/mol. The zero-order valence-corrected chi connectivity index (χ0v) is 23.4. The van der Waals surface area contributed by atoms with E-state index in [-0.39, 0.29) is 0 Å². The van der Waals surface area contributed by atoms with E-state index in [1.165, 1.54) is 10.8 Å². The Balaban J connectivity index is 1.52. The highest BCUT2D eigenvalue weighted by molar-refractivity contribution is 6.16. The van der Waals surface area contributed by atoms with Crippen molar-refractivity contribution in [2.75, 3.05) is 4.90 Å². The second-order valence-corrected chi connectivity index (χ2v) is 11.1. The number of hydrogen-bond acceptors (Lipinski definition) is 2. The van der Waals surface area contributed by atoms with Crippen LogP contribution < -0.4 is 15.5 Å². The molecule has 1 aliphatic heterocycles. The molecule has 1 aliphatic rings. The lowest BCUT2D eigenvalue weighted by molar-refractivity contribution is 0.672. The fraction of sp³-hybridized carbons (Fsp3) is 0. The normalized spacial score (nSPS) is 14.6. The largest absolute Gasteiger partial charge is 0.455 e. The molecule has 0 fully saturated rings. The highest BCUT2D eigenvalue weighted by Crippen LogP contribution is 2.39. The van der Waals surface area contributed by atoms with Gasteiger partial charge in [0.2, 0.25) is 0 Å². The molecule has 3 nitrogen and oxygen atoms in total. The van der Waals surface area contributed by atoms with Gasteiger partial charge in [0, 0.05) is 39.1 Å². The van der Waals surface area contributed by atoms with Crippen LogP contribution >= 0.6 is 0 Å². The highest BCUT2D eigenvalue weighted by Gasteiger charge is 2.22. The molecule has 0 saturated carbocycles. The lowest BCUT2D eigenvalue weighted by atomic mass is 9.94. The summed E-state index contributed by atoms with van der Waals surface area (Å²) in [4.78, 5) is 2.31. The third kappa shape index (κ3) is 3.49. The van der Waals surface area contributed by atoms with Gasteiger partial charge < -0.3 is 13.9 Å². The molecular weight excluding hydrogens is 524 g/mol. The number of rotatable bonds is 2. The molecular formula is C40H26N2O. The van der Waals surface area contributed by atoms with Gasteiger partial charge in [-0.15, -0.1) is 0 Å². The van der Waals surface area contributed by atoms with E-state index in [1.807, 2.05) is 12.1 Å². The van der Waals surface area contributed by atoms with Crippen LogP contribution in [0.4, 0.5) is 11.4 Å². The van der Waals surface area contributed by atoms with E-state index >= 15 is 0 Å². The summed E-state index contributed by atoms with van der Waals surface area (Å²) in [7, 11) is 0. The zero-order valence-electron chi connectivity index (χ0n) is 23.4. The summed E-state index contributed by atoms with van der Waals surface area (Å²) in [5.41, 5.74) is 8.23. The second kappa shape index (κ2) is 9.10. The lowest BCUT2D eigenvalue weighted by Gasteiger charge is -2.26. The van der Waals surface area contributed by atoms with Crippen LogP contribution in [-0.4, -0.2) is 4.57 Å². The SMILES string of the molecule is C=C1/C=c2\c(n(-c3ccccc3)c3ccc4c5ccccc5oc4c23)=C/N(c2ccccc2)c2ccc3ccccc3c21. The Morgan fingerprint density at radius 2 is 1.28 bits per heavy atom. The third-order valence-electron chi connectivity index (χ3n) is 8.66. The van der Waals surface area contributed by atoms with E-state index in [2.05, 4.69) is 143 Å². The van der Waals surface area contributed by atoms with Crippen LogP contribution in [0.25, 0.3) is 67.2 Å². The predicted molar refractivity (Wildman–Crippen MR) is 180 cm³/mol. The van der Waals surface area contributed by atoms with Crippen molar-refractivity contribution in [2.45, 2.75) is 0 Å². The first-order chi connectivity index (χ1) is 21.3. The van der Waals surface area contributed by atoms with Crippen LogP contribution in [0.15, 0.2) is 144 Å². The maximum absolute atomic E-state index is 6.65. The van der Waals surface area contributed by atoms with Crippen molar-refractivity contribution >= 4 is 72.8 Å². The van der Waals surface area contributed by atoms with E-state index in [9.17, 15) is 0 Å². The van der Waals surface area contributed by atoms with Crippen LogP contribution in [0, 0.1) is 0 Å². The minimum absolute atomic E-state index is 0.891. The molecule has 0 N–H and O–H groups in total. The molecule has 0 spiro atoms. The molecule has 6 aromatic carbocycles. The summed E-state index contributed by atoms with van der Waals surface area (Å²) in [5.74, 6) is 0. The molecule has 0 radical (unpaired) electrons. The van der Waals surface area contributed by atoms with Gasteiger partial charge in [-0.05, 0) is 71.0 Å². The standard InChI is InChI=1S/C40H26N2O/c1-26-24-33-36(25-41(28-13-4-2-5-14-28)34-22-20-27-12-8-9-17-30(27)38(26)34)42(29-15-6-3-7-16-29)35-23-21-32-31-18-10-11-19-37(31)43-40(32)39(33)35/h2-25H,1H2/b33-24+,36-25+. The summed E-state index contributed by atoms with van der Waals surface area (Å²) in [5, 5.41) is 7.85. The quantitative estimate of drug-likeness (QED) is 0.214. The minimum Gasteiger partial charge on any atom is -0.455 e. The van der Waals surface area contributed by atoms with Gasteiger partial charge in [0.05, 0.1) is 21.9 Å². The zero-order chi connectivity index (χ0) is 28.5. The maximum Gasteiger partial charge on any atom is 0.145 e. The first-order valence-corrected chi connectivity index (χ1v) is 14.6. The molecule has 43 heavy (non-hydrogen) atoms. The molecule has 0 bridgehead atoms. The Kier molecular flexibility index (Phi) is 5.05. The topological polar surface area (TPSA) is 21.3 Å². The Hall–Kier alpha value is -5.80. The van der Waals surface area contributed by atoms with Crippen LogP contribution in [0.5, 0.6) is 0 Å². The highest BCUT2D eigenvalue weighted by atomic mass is 16.3. The number of benzene rings is 6. The summed E-state index contributed by atoms with van der Waals surface area (Å²) in [6.45, 7) is 4.71. The molecule has 3 heteroatoms. The van der Waals surface area contributed by atoms with Crippen molar-refractivity contribution in [3.05, 3.63) is 156 Å². The molecule has 3 heterocycles. The summed E-state index contributed by atoms with van der Waals surface area (Å²) < 4.78 is 9.00. The Labute approximate surface area is 248 Å². The van der Waals surface area contributed by atoms with E-state index in [0.717, 1.165) is 71.6 Å². The molecule has 9 rings (SSSR count). The number of hydrogen-bond donors (Lipinski definition) is 0. The second-order valence-electron chi connectivity index (χ2n) is 11.1. The van der Waals surface area contributed by atoms with E-state index in [4.69, 9.17) is 11.0 Å². The van der Waals surface area contributed by atoms with Crippen molar-refractivity contribution < 1.29 is 4.42 Å². The fourth-order valence-corrected chi connectivity index (χ4v) is 6.77. The van der Waals surface area contributed by atoms with Crippen molar-refractivity contribution in [3.8, 4) is 5.69 Å². The predicted octanol–water partition coefficient (Wildman–Crippen LogP) is 9.07. The van der Waals surface area contributed by atoms with Gasteiger partial charge in [0.15, 0.2) is 0 Å². The molecule has 0 amide bonds. The molecule has 0 aliphatic carbocycles. The molecule has 0 atom stereocenters. The Bertz CT molecular complexity index is 2520. The van der Waals surface area contributed by atoms with Gasteiger partial charge in [0.25, 0.3) is 0 Å². The van der Waals surface area contributed by atoms with Crippen LogP contribution in [0.1, 0.15) is 5.56 Å². The third-order valence-corrected chi connectivity index (χ3v) is 8.66. The van der Waals surface area contributed by atoms with E-state index < -0.39 is 0 Å². The van der Waals surface area contributed by atoms with Crippen molar-refractivity contribution in [1.82, 2.24) is 4.57 Å². The first kappa shape index (κ1) is 23.9. The summed E-state index contributed by atoms with van der Waals surface area (Å²) in [6, 6.07) is 46.9. The smallest absolute Gasteiger partial charge is 0.145 e. The summed E-state index contributed by atoms with van der Waals surface area (Å²) >= 11 is 0. The van der Waals surface area contributed by atoms with Crippen molar-refractivity contribution in [2.24, 2.45) is 0 Å². The van der Waals surface area contributed by atoms with Crippen LogP contribution in [-0.2, 0) is 0 Å². The first-order valence-electron chi connectivity index (χ1n) is 14.6. The Morgan fingerprint density at radius 1 is 0.581 bits per heavy atom. The van der Waals surface area contributed by atoms with Gasteiger partial charge in [-0.25, -0.2) is 0 Å². The minimum atomic E-state index is 0.891. The fourth-order valence-electron chi connectivity index (χ4n) is 6.77. The number of anilines is 2. The van der Waals surface area contributed by atoms with Gasteiger partial charge in [0.1, 0.15) is 11.2 Å². The number of aromatic nitrogens is 1. The van der Waals surface area contributed by atoms with E-state index in [0.29, 0.717) is 0 Å². The van der Waals surface area contributed by atoms with Gasteiger partial charge in [-0.2, -0.15) is 0 Å². The lowest BCUT2D eigenvalue weighted by Crippen LogP contribution is -2.33.